The highest BCUT2D eigenvalue weighted by Gasteiger charge is 2.58. The van der Waals surface area contributed by atoms with Crippen LogP contribution in [0.2, 0.25) is 0 Å². The van der Waals surface area contributed by atoms with E-state index in [0.717, 1.165) is 19.4 Å². The number of carbonyl (C=O) groups excluding carboxylic acids is 1. The molecule has 0 aromatic carbocycles. The van der Waals surface area contributed by atoms with Crippen molar-refractivity contribution in [3.8, 4) is 0 Å². The molecule has 0 aromatic rings. The number of ether oxygens (including phenoxy) is 1. The number of hydrogen-bond acceptors (Lipinski definition) is 3. The Bertz CT molecular complexity index is 305. The number of likely N-dealkylation sites (N-methyl/N-ethyl adjacent to an activating group) is 1. The highest BCUT2D eigenvalue weighted by molar-refractivity contribution is 6.04. The van der Waals surface area contributed by atoms with Crippen molar-refractivity contribution in [2.45, 2.75) is 31.8 Å². The molecule has 1 saturated heterocycles. The zero-order valence-electron chi connectivity index (χ0n) is 9.44. The van der Waals surface area contributed by atoms with Gasteiger partial charge in [0, 0.05) is 20.2 Å². The van der Waals surface area contributed by atoms with E-state index >= 15 is 0 Å². The summed E-state index contributed by atoms with van der Waals surface area (Å²) in [5, 5.41) is 9.01. The smallest absolute Gasteiger partial charge is 0.319 e. The van der Waals surface area contributed by atoms with Crippen LogP contribution in [0.4, 0.5) is 0 Å². The average Bonchev–Trinajstić information content (AvgIpc) is 2.91. The van der Waals surface area contributed by atoms with E-state index in [-0.39, 0.29) is 12.0 Å². The molecule has 5 heteroatoms. The normalized spacial score (nSPS) is 26.4. The number of carboxylic acid groups (broad SMARTS) is 1. The fourth-order valence-corrected chi connectivity index (χ4v) is 2.19. The minimum absolute atomic E-state index is 0.0820. The number of nitrogens with zero attached hydrogens (tertiary/aromatic N) is 1. The van der Waals surface area contributed by atoms with Gasteiger partial charge in [-0.05, 0) is 25.7 Å². The van der Waals surface area contributed by atoms with Gasteiger partial charge in [0.1, 0.15) is 5.41 Å². The van der Waals surface area contributed by atoms with Crippen LogP contribution in [-0.4, -0.2) is 48.2 Å². The van der Waals surface area contributed by atoms with Crippen LogP contribution < -0.4 is 0 Å². The van der Waals surface area contributed by atoms with Crippen LogP contribution in [0.1, 0.15) is 25.7 Å². The first-order chi connectivity index (χ1) is 7.56. The fourth-order valence-electron chi connectivity index (χ4n) is 2.19. The number of rotatable bonds is 4. The molecule has 5 nitrogen and oxygen atoms in total. The molecule has 1 saturated carbocycles. The van der Waals surface area contributed by atoms with Gasteiger partial charge in [-0.3, -0.25) is 9.59 Å². The highest BCUT2D eigenvalue weighted by Crippen LogP contribution is 2.47. The van der Waals surface area contributed by atoms with E-state index in [1.807, 2.05) is 0 Å². The monoisotopic (exact) mass is 227 g/mol. The number of amides is 1. The average molecular weight is 227 g/mol. The summed E-state index contributed by atoms with van der Waals surface area (Å²) in [6, 6.07) is 0. The third-order valence-corrected chi connectivity index (χ3v) is 3.42. The summed E-state index contributed by atoms with van der Waals surface area (Å²) in [5.74, 6) is -1.26. The van der Waals surface area contributed by atoms with Crippen molar-refractivity contribution in [1.29, 1.82) is 0 Å². The predicted octanol–water partition coefficient (Wildman–Crippen LogP) is 0.489. The van der Waals surface area contributed by atoms with Gasteiger partial charge in [-0.25, -0.2) is 0 Å². The number of aliphatic carboxylic acids is 1. The molecule has 0 radical (unpaired) electrons. The Balaban J connectivity index is 1.91. The van der Waals surface area contributed by atoms with Crippen molar-refractivity contribution in [1.82, 2.24) is 4.90 Å². The summed E-state index contributed by atoms with van der Waals surface area (Å²) in [5.41, 5.74) is -1.12. The van der Waals surface area contributed by atoms with Crippen LogP contribution in [-0.2, 0) is 14.3 Å². The van der Waals surface area contributed by atoms with Gasteiger partial charge in [0.2, 0.25) is 5.91 Å². The molecular formula is C11H17NO4. The standard InChI is InChI=1S/C11H17NO4/c1-12(7-8-3-2-6-16-8)9(13)11(4-5-11)10(14)15/h8H,2-7H2,1H3,(H,14,15)/t8-/m0/s1. The van der Waals surface area contributed by atoms with E-state index < -0.39 is 11.4 Å². The second kappa shape index (κ2) is 4.05. The molecule has 0 unspecified atom stereocenters. The Morgan fingerprint density at radius 1 is 1.50 bits per heavy atom. The molecule has 1 heterocycles. The Labute approximate surface area is 94.4 Å². The topological polar surface area (TPSA) is 66.8 Å². The number of carbonyl (C=O) groups is 2. The maximum atomic E-state index is 11.9. The maximum absolute atomic E-state index is 11.9. The van der Waals surface area contributed by atoms with Crippen LogP contribution in [0.15, 0.2) is 0 Å². The quantitative estimate of drug-likeness (QED) is 0.710. The summed E-state index contributed by atoms with van der Waals surface area (Å²) >= 11 is 0. The van der Waals surface area contributed by atoms with Gasteiger partial charge in [-0.2, -0.15) is 0 Å². The molecule has 2 fully saturated rings. The van der Waals surface area contributed by atoms with Crippen LogP contribution in [0.3, 0.4) is 0 Å². The fraction of sp³-hybridized carbons (Fsp3) is 0.818. The predicted molar refractivity (Wildman–Crippen MR) is 55.9 cm³/mol. The van der Waals surface area contributed by atoms with Crippen LogP contribution in [0, 0.1) is 5.41 Å². The molecule has 1 atom stereocenters. The number of carboxylic acids is 1. The third-order valence-electron chi connectivity index (χ3n) is 3.42. The van der Waals surface area contributed by atoms with E-state index in [9.17, 15) is 9.59 Å². The Morgan fingerprint density at radius 3 is 2.62 bits per heavy atom. The van der Waals surface area contributed by atoms with Gasteiger partial charge in [-0.15, -0.1) is 0 Å². The maximum Gasteiger partial charge on any atom is 0.319 e. The summed E-state index contributed by atoms with van der Waals surface area (Å²) in [4.78, 5) is 24.4. The second-order valence-corrected chi connectivity index (χ2v) is 4.71. The molecule has 0 spiro atoms. The van der Waals surface area contributed by atoms with E-state index in [0.29, 0.717) is 19.4 Å². The lowest BCUT2D eigenvalue weighted by Gasteiger charge is -2.23. The molecule has 1 N–H and O–H groups in total. The highest BCUT2D eigenvalue weighted by atomic mass is 16.5. The third kappa shape index (κ3) is 1.91. The zero-order valence-corrected chi connectivity index (χ0v) is 9.44. The SMILES string of the molecule is CN(C[C@@H]1CCCO1)C(=O)C1(C(=O)O)CC1. The largest absolute Gasteiger partial charge is 0.480 e. The lowest BCUT2D eigenvalue weighted by molar-refractivity contribution is -0.153. The second-order valence-electron chi connectivity index (χ2n) is 4.71. The van der Waals surface area contributed by atoms with Crippen molar-refractivity contribution in [2.75, 3.05) is 20.2 Å². The molecule has 2 rings (SSSR count). The Morgan fingerprint density at radius 2 is 2.19 bits per heavy atom. The zero-order chi connectivity index (χ0) is 11.8. The van der Waals surface area contributed by atoms with Gasteiger partial charge < -0.3 is 14.7 Å². The van der Waals surface area contributed by atoms with E-state index in [1.165, 1.54) is 4.90 Å². The first-order valence-electron chi connectivity index (χ1n) is 5.67. The lowest BCUT2D eigenvalue weighted by Crippen LogP contribution is -2.41. The molecule has 0 aromatic heterocycles. The Hall–Kier alpha value is -1.10. The van der Waals surface area contributed by atoms with Gasteiger partial charge in [0.25, 0.3) is 0 Å². The summed E-state index contributed by atoms with van der Waals surface area (Å²) in [6.45, 7) is 1.25. The van der Waals surface area contributed by atoms with Gasteiger partial charge in [-0.1, -0.05) is 0 Å². The minimum atomic E-state index is -1.12. The van der Waals surface area contributed by atoms with Gasteiger partial charge in [0.15, 0.2) is 0 Å². The van der Waals surface area contributed by atoms with Crippen LogP contribution in [0.5, 0.6) is 0 Å². The van der Waals surface area contributed by atoms with Gasteiger partial charge in [0.05, 0.1) is 6.10 Å². The first-order valence-corrected chi connectivity index (χ1v) is 5.67. The molecule has 1 aliphatic heterocycles. The van der Waals surface area contributed by atoms with Gasteiger partial charge >= 0.3 is 5.97 Å². The lowest BCUT2D eigenvalue weighted by atomic mass is 10.1. The van der Waals surface area contributed by atoms with Crippen molar-refractivity contribution < 1.29 is 19.4 Å². The summed E-state index contributed by atoms with van der Waals surface area (Å²) in [7, 11) is 1.66. The molecule has 1 aliphatic carbocycles. The molecule has 1 amide bonds. The van der Waals surface area contributed by atoms with Crippen molar-refractivity contribution >= 4 is 11.9 Å². The summed E-state index contributed by atoms with van der Waals surface area (Å²) < 4.78 is 5.43. The van der Waals surface area contributed by atoms with Crippen molar-refractivity contribution in [2.24, 2.45) is 5.41 Å². The van der Waals surface area contributed by atoms with Crippen LogP contribution in [0.25, 0.3) is 0 Å². The Kier molecular flexibility index (Phi) is 2.88. The molecular weight excluding hydrogens is 210 g/mol. The minimum Gasteiger partial charge on any atom is -0.480 e. The van der Waals surface area contributed by atoms with E-state index in [1.54, 1.807) is 7.05 Å². The molecule has 90 valence electrons. The number of hydrogen-bond donors (Lipinski definition) is 1. The van der Waals surface area contributed by atoms with Crippen molar-refractivity contribution in [3.05, 3.63) is 0 Å². The molecule has 16 heavy (non-hydrogen) atoms. The van der Waals surface area contributed by atoms with E-state index in [4.69, 9.17) is 9.84 Å². The van der Waals surface area contributed by atoms with Crippen LogP contribution >= 0.6 is 0 Å². The summed E-state index contributed by atoms with van der Waals surface area (Å²) in [6.07, 6.45) is 3.00. The molecule has 2 aliphatic rings. The van der Waals surface area contributed by atoms with E-state index in [2.05, 4.69) is 0 Å². The first kappa shape index (κ1) is 11.4. The van der Waals surface area contributed by atoms with Crippen molar-refractivity contribution in [3.63, 3.8) is 0 Å². The molecule has 0 bridgehead atoms.